The van der Waals surface area contributed by atoms with E-state index < -0.39 is 0 Å². The summed E-state index contributed by atoms with van der Waals surface area (Å²) in [5, 5.41) is 13.7. The minimum atomic E-state index is -0.146. The van der Waals surface area contributed by atoms with Crippen molar-refractivity contribution in [3.8, 4) is 16.0 Å². The Hall–Kier alpha value is -2.56. The normalized spacial score (nSPS) is 10.3. The van der Waals surface area contributed by atoms with E-state index in [9.17, 15) is 4.79 Å². The van der Waals surface area contributed by atoms with E-state index in [1.165, 1.54) is 6.20 Å². The van der Waals surface area contributed by atoms with Crippen LogP contribution < -0.4 is 0 Å². The minimum Gasteiger partial charge on any atom is -0.336 e. The molecular weight excluding hydrogens is 328 g/mol. The van der Waals surface area contributed by atoms with E-state index >= 15 is 0 Å². The Bertz CT molecular complexity index is 847. The molecule has 3 rings (SSSR count). The number of pyridine rings is 1. The van der Waals surface area contributed by atoms with Crippen LogP contribution in [0.3, 0.4) is 0 Å². The highest BCUT2D eigenvalue weighted by Crippen LogP contribution is 2.28. The molecule has 0 radical (unpaired) electrons. The largest absolute Gasteiger partial charge is 0.336 e. The zero-order valence-electron chi connectivity index (χ0n) is 12.3. The van der Waals surface area contributed by atoms with Gasteiger partial charge in [-0.1, -0.05) is 6.07 Å². The van der Waals surface area contributed by atoms with Gasteiger partial charge in [-0.3, -0.25) is 4.79 Å². The van der Waals surface area contributed by atoms with Gasteiger partial charge in [-0.15, -0.1) is 22.7 Å². The Morgan fingerprint density at radius 1 is 1.35 bits per heavy atom. The van der Waals surface area contributed by atoms with Gasteiger partial charge in [0.15, 0.2) is 0 Å². The SMILES string of the molecule is CN(Cc1csc(-c2cccs2)n1)C(=O)c1ccc(C#N)nc1. The van der Waals surface area contributed by atoms with Crippen molar-refractivity contribution < 1.29 is 4.79 Å². The van der Waals surface area contributed by atoms with Crippen LogP contribution in [0.2, 0.25) is 0 Å². The number of hydrogen-bond acceptors (Lipinski definition) is 6. The predicted molar refractivity (Wildman–Crippen MR) is 90.2 cm³/mol. The van der Waals surface area contributed by atoms with E-state index in [4.69, 9.17) is 5.26 Å². The van der Waals surface area contributed by atoms with Gasteiger partial charge < -0.3 is 4.90 Å². The van der Waals surface area contributed by atoms with Crippen LogP contribution in [0, 0.1) is 11.3 Å². The lowest BCUT2D eigenvalue weighted by atomic mass is 10.2. The second-order valence-electron chi connectivity index (χ2n) is 4.83. The van der Waals surface area contributed by atoms with Gasteiger partial charge in [0.05, 0.1) is 22.7 Å². The van der Waals surface area contributed by atoms with Gasteiger partial charge in [-0.25, -0.2) is 9.97 Å². The molecule has 0 bridgehead atoms. The topological polar surface area (TPSA) is 69.9 Å². The maximum atomic E-state index is 12.4. The molecule has 0 fully saturated rings. The van der Waals surface area contributed by atoms with E-state index in [0.29, 0.717) is 17.8 Å². The summed E-state index contributed by atoms with van der Waals surface area (Å²) in [6, 6.07) is 9.12. The van der Waals surface area contributed by atoms with E-state index in [1.807, 2.05) is 29.0 Å². The van der Waals surface area contributed by atoms with Gasteiger partial charge in [0, 0.05) is 18.6 Å². The van der Waals surface area contributed by atoms with Crippen molar-refractivity contribution in [2.75, 3.05) is 7.05 Å². The molecule has 0 atom stereocenters. The summed E-state index contributed by atoms with van der Waals surface area (Å²) in [4.78, 5) is 23.6. The third-order valence-corrected chi connectivity index (χ3v) is 5.08. The molecule has 0 aliphatic carbocycles. The van der Waals surface area contributed by atoms with Crippen LogP contribution in [-0.4, -0.2) is 27.8 Å². The quantitative estimate of drug-likeness (QED) is 0.730. The smallest absolute Gasteiger partial charge is 0.255 e. The highest BCUT2D eigenvalue weighted by Gasteiger charge is 2.14. The van der Waals surface area contributed by atoms with Gasteiger partial charge in [0.2, 0.25) is 0 Å². The molecule has 0 saturated carbocycles. The Balaban J connectivity index is 1.70. The molecule has 0 aliphatic rings. The standard InChI is InChI=1S/C16H12N4OS2/c1-20(16(21)11-4-5-12(7-17)18-8-11)9-13-10-23-15(19-13)14-3-2-6-22-14/h2-6,8,10H,9H2,1H3. The number of nitriles is 1. The van der Waals surface area contributed by atoms with Crippen LogP contribution in [-0.2, 0) is 6.54 Å². The van der Waals surface area contributed by atoms with Crippen molar-refractivity contribution >= 4 is 28.6 Å². The Morgan fingerprint density at radius 3 is 2.87 bits per heavy atom. The number of nitrogens with zero attached hydrogens (tertiary/aromatic N) is 4. The molecule has 0 saturated heterocycles. The number of hydrogen-bond donors (Lipinski definition) is 0. The van der Waals surface area contributed by atoms with Crippen molar-refractivity contribution in [3.63, 3.8) is 0 Å². The molecule has 114 valence electrons. The third kappa shape index (κ3) is 3.44. The lowest BCUT2D eigenvalue weighted by molar-refractivity contribution is 0.0783. The number of amides is 1. The van der Waals surface area contributed by atoms with Gasteiger partial charge in [0.25, 0.3) is 5.91 Å². The highest BCUT2D eigenvalue weighted by molar-refractivity contribution is 7.20. The van der Waals surface area contributed by atoms with Crippen molar-refractivity contribution in [1.82, 2.24) is 14.9 Å². The molecule has 0 aliphatic heterocycles. The molecule has 0 unspecified atom stereocenters. The lowest BCUT2D eigenvalue weighted by Gasteiger charge is -2.15. The zero-order valence-corrected chi connectivity index (χ0v) is 13.9. The van der Waals surface area contributed by atoms with E-state index in [2.05, 4.69) is 9.97 Å². The van der Waals surface area contributed by atoms with Crippen molar-refractivity contribution in [3.05, 3.63) is 58.2 Å². The molecule has 7 heteroatoms. The Kier molecular flexibility index (Phi) is 4.46. The minimum absolute atomic E-state index is 0.146. The number of carbonyl (C=O) groups excluding carboxylic acids is 1. The van der Waals surface area contributed by atoms with Gasteiger partial charge in [-0.2, -0.15) is 5.26 Å². The van der Waals surface area contributed by atoms with E-state index in [0.717, 1.165) is 15.6 Å². The molecule has 1 amide bonds. The first-order valence-electron chi connectivity index (χ1n) is 6.77. The summed E-state index contributed by atoms with van der Waals surface area (Å²) >= 11 is 3.22. The molecule has 5 nitrogen and oxygen atoms in total. The second kappa shape index (κ2) is 6.69. The maximum absolute atomic E-state index is 12.4. The Morgan fingerprint density at radius 2 is 2.22 bits per heavy atom. The number of thiazole rings is 1. The van der Waals surface area contributed by atoms with Crippen molar-refractivity contribution in [2.45, 2.75) is 6.54 Å². The summed E-state index contributed by atoms with van der Waals surface area (Å²) in [6.07, 6.45) is 1.43. The van der Waals surface area contributed by atoms with Gasteiger partial charge >= 0.3 is 0 Å². The van der Waals surface area contributed by atoms with E-state index in [-0.39, 0.29) is 5.91 Å². The fourth-order valence-corrected chi connectivity index (χ4v) is 3.64. The number of aromatic nitrogens is 2. The van der Waals surface area contributed by atoms with Crippen molar-refractivity contribution in [1.29, 1.82) is 5.26 Å². The first-order valence-corrected chi connectivity index (χ1v) is 8.53. The van der Waals surface area contributed by atoms with Crippen LogP contribution in [0.1, 0.15) is 21.7 Å². The molecule has 3 heterocycles. The van der Waals surface area contributed by atoms with E-state index in [1.54, 1.807) is 46.8 Å². The van der Waals surface area contributed by atoms with Crippen LogP contribution >= 0.6 is 22.7 Å². The first kappa shape index (κ1) is 15.3. The van der Waals surface area contributed by atoms with Crippen LogP contribution in [0.5, 0.6) is 0 Å². The average Bonchev–Trinajstić information content (AvgIpc) is 3.25. The molecule has 3 aromatic rings. The zero-order chi connectivity index (χ0) is 16.2. The summed E-state index contributed by atoms with van der Waals surface area (Å²) < 4.78 is 0. The molecule has 0 spiro atoms. The molecule has 3 aromatic heterocycles. The lowest BCUT2D eigenvalue weighted by Crippen LogP contribution is -2.26. The molecule has 0 N–H and O–H groups in total. The fraction of sp³-hybridized carbons (Fsp3) is 0.125. The molecular formula is C16H12N4OS2. The monoisotopic (exact) mass is 340 g/mol. The average molecular weight is 340 g/mol. The number of carbonyl (C=O) groups is 1. The van der Waals surface area contributed by atoms with Gasteiger partial charge in [0.1, 0.15) is 16.8 Å². The summed E-state index contributed by atoms with van der Waals surface area (Å²) in [5.41, 5.74) is 1.61. The predicted octanol–water partition coefficient (Wildman–Crippen LogP) is 3.41. The second-order valence-corrected chi connectivity index (χ2v) is 6.63. The van der Waals surface area contributed by atoms with Gasteiger partial charge in [-0.05, 0) is 23.6 Å². The fourth-order valence-electron chi connectivity index (χ4n) is 2.01. The van der Waals surface area contributed by atoms with Crippen LogP contribution in [0.4, 0.5) is 0 Å². The maximum Gasteiger partial charge on any atom is 0.255 e. The summed E-state index contributed by atoms with van der Waals surface area (Å²) in [7, 11) is 1.73. The number of rotatable bonds is 4. The Labute approximate surface area is 141 Å². The third-order valence-electron chi connectivity index (χ3n) is 3.15. The van der Waals surface area contributed by atoms with Crippen LogP contribution in [0.25, 0.3) is 9.88 Å². The highest BCUT2D eigenvalue weighted by atomic mass is 32.1. The summed E-state index contributed by atoms with van der Waals surface area (Å²) in [6.45, 7) is 0.431. The summed E-state index contributed by atoms with van der Waals surface area (Å²) in [5.74, 6) is -0.146. The first-order chi connectivity index (χ1) is 11.2. The van der Waals surface area contributed by atoms with Crippen molar-refractivity contribution in [2.24, 2.45) is 0 Å². The number of thiophene rings is 1. The molecule has 23 heavy (non-hydrogen) atoms. The van der Waals surface area contributed by atoms with Crippen LogP contribution in [0.15, 0.2) is 41.2 Å². The molecule has 0 aromatic carbocycles.